The maximum absolute atomic E-state index is 12.2. The van der Waals surface area contributed by atoms with E-state index in [0.717, 1.165) is 38.9 Å². The molecule has 1 aliphatic rings. The molecule has 0 radical (unpaired) electrons. The molecule has 5 nitrogen and oxygen atoms in total. The summed E-state index contributed by atoms with van der Waals surface area (Å²) in [4.78, 5) is 14.7. The Morgan fingerprint density at radius 1 is 0.967 bits per heavy atom. The van der Waals surface area contributed by atoms with Gasteiger partial charge in [0.25, 0.3) is 0 Å². The van der Waals surface area contributed by atoms with E-state index in [1.165, 1.54) is 11.1 Å². The molecule has 2 aromatic rings. The van der Waals surface area contributed by atoms with Gasteiger partial charge in [-0.15, -0.1) is 24.8 Å². The quantitative estimate of drug-likeness (QED) is 0.539. The first kappa shape index (κ1) is 26.4. The van der Waals surface area contributed by atoms with E-state index in [4.69, 9.17) is 10.5 Å². The van der Waals surface area contributed by atoms with Crippen molar-refractivity contribution in [3.8, 4) is 0 Å². The molecule has 0 unspecified atom stereocenters. The van der Waals surface area contributed by atoms with Crippen LogP contribution in [-0.2, 0) is 22.6 Å². The first-order valence-corrected chi connectivity index (χ1v) is 10.2. The fraction of sp³-hybridized carbons (Fsp3) is 0.435. The lowest BCUT2D eigenvalue weighted by molar-refractivity contribution is -0.131. The van der Waals surface area contributed by atoms with Gasteiger partial charge in [-0.25, -0.2) is 0 Å². The van der Waals surface area contributed by atoms with Gasteiger partial charge < -0.3 is 15.8 Å². The lowest BCUT2D eigenvalue weighted by Gasteiger charge is -2.23. The maximum atomic E-state index is 12.2. The minimum absolute atomic E-state index is 0. The van der Waals surface area contributed by atoms with Gasteiger partial charge in [-0.1, -0.05) is 60.7 Å². The van der Waals surface area contributed by atoms with Gasteiger partial charge in [-0.2, -0.15) is 0 Å². The van der Waals surface area contributed by atoms with Crippen molar-refractivity contribution in [2.45, 2.75) is 44.6 Å². The van der Waals surface area contributed by atoms with Gasteiger partial charge in [-0.3, -0.25) is 9.69 Å². The molecule has 2 aromatic carbocycles. The standard InChI is InChI=1S/C23H31N3O2.2ClH/c24-16-21-12-13-22(28-21)23(27)25-14-7-15-26(17-19-8-3-1-4-9-19)18-20-10-5-2-6-11-20;;/h1-6,8-11,21-22H,7,12-18,24H2,(H,25,27);2*1H/t21-,22+;;/m1../s1. The lowest BCUT2D eigenvalue weighted by atomic mass is 10.1. The molecule has 1 saturated heterocycles. The molecule has 2 atom stereocenters. The highest BCUT2D eigenvalue weighted by Crippen LogP contribution is 2.18. The van der Waals surface area contributed by atoms with Crippen molar-refractivity contribution in [1.82, 2.24) is 10.2 Å². The Morgan fingerprint density at radius 2 is 1.53 bits per heavy atom. The predicted molar refractivity (Wildman–Crippen MR) is 126 cm³/mol. The van der Waals surface area contributed by atoms with Crippen molar-refractivity contribution >= 4 is 30.7 Å². The monoisotopic (exact) mass is 453 g/mol. The van der Waals surface area contributed by atoms with Crippen molar-refractivity contribution in [3.05, 3.63) is 71.8 Å². The van der Waals surface area contributed by atoms with E-state index >= 15 is 0 Å². The van der Waals surface area contributed by atoms with Crippen molar-refractivity contribution in [2.24, 2.45) is 5.73 Å². The van der Waals surface area contributed by atoms with Gasteiger partial charge in [-0.05, 0) is 30.4 Å². The Balaban J connectivity index is 0.00000225. The highest BCUT2D eigenvalue weighted by molar-refractivity contribution is 5.85. The molecule has 30 heavy (non-hydrogen) atoms. The van der Waals surface area contributed by atoms with Crippen LogP contribution < -0.4 is 11.1 Å². The molecule has 1 fully saturated rings. The first-order chi connectivity index (χ1) is 13.7. The van der Waals surface area contributed by atoms with E-state index in [1.807, 2.05) is 12.1 Å². The predicted octanol–water partition coefficient (Wildman–Crippen LogP) is 3.55. The molecular formula is C23H33Cl2N3O2. The third-order valence-electron chi connectivity index (χ3n) is 5.11. The smallest absolute Gasteiger partial charge is 0.249 e. The summed E-state index contributed by atoms with van der Waals surface area (Å²) in [6.45, 7) is 3.85. The molecule has 0 saturated carbocycles. The molecule has 7 heteroatoms. The van der Waals surface area contributed by atoms with Crippen LogP contribution >= 0.6 is 24.8 Å². The van der Waals surface area contributed by atoms with E-state index in [9.17, 15) is 4.79 Å². The molecule has 1 amide bonds. The van der Waals surface area contributed by atoms with Gasteiger partial charge in [0, 0.05) is 32.7 Å². The third-order valence-corrected chi connectivity index (χ3v) is 5.11. The second-order valence-electron chi connectivity index (χ2n) is 7.39. The summed E-state index contributed by atoms with van der Waals surface area (Å²) in [6.07, 6.45) is 2.23. The molecule has 166 valence electrons. The second-order valence-corrected chi connectivity index (χ2v) is 7.39. The molecular weight excluding hydrogens is 421 g/mol. The van der Waals surface area contributed by atoms with Crippen LogP contribution in [0, 0.1) is 0 Å². The highest BCUT2D eigenvalue weighted by atomic mass is 35.5. The molecule has 1 aliphatic heterocycles. The van der Waals surface area contributed by atoms with Gasteiger partial charge in [0.05, 0.1) is 6.10 Å². The number of hydrogen-bond acceptors (Lipinski definition) is 4. The van der Waals surface area contributed by atoms with Crippen LogP contribution in [0.2, 0.25) is 0 Å². The van der Waals surface area contributed by atoms with Crippen LogP contribution in [0.1, 0.15) is 30.4 Å². The molecule has 0 spiro atoms. The zero-order valence-electron chi connectivity index (χ0n) is 17.2. The number of nitrogens with two attached hydrogens (primary N) is 1. The number of ether oxygens (including phenoxy) is 1. The second kappa shape index (κ2) is 14.4. The van der Waals surface area contributed by atoms with Crippen molar-refractivity contribution in [3.63, 3.8) is 0 Å². The zero-order chi connectivity index (χ0) is 19.6. The first-order valence-electron chi connectivity index (χ1n) is 10.2. The third kappa shape index (κ3) is 8.62. The Hall–Kier alpha value is -1.63. The summed E-state index contributed by atoms with van der Waals surface area (Å²) in [6, 6.07) is 21.0. The van der Waals surface area contributed by atoms with Crippen LogP contribution in [0.5, 0.6) is 0 Å². The fourth-order valence-electron chi connectivity index (χ4n) is 3.60. The average molecular weight is 454 g/mol. The van der Waals surface area contributed by atoms with Crippen LogP contribution in [-0.4, -0.2) is 42.6 Å². The highest BCUT2D eigenvalue weighted by Gasteiger charge is 2.29. The molecule has 0 aromatic heterocycles. The van der Waals surface area contributed by atoms with Crippen molar-refractivity contribution in [1.29, 1.82) is 0 Å². The van der Waals surface area contributed by atoms with E-state index in [2.05, 4.69) is 58.7 Å². The summed E-state index contributed by atoms with van der Waals surface area (Å²) >= 11 is 0. The lowest BCUT2D eigenvalue weighted by Crippen LogP contribution is -2.37. The summed E-state index contributed by atoms with van der Waals surface area (Å²) in [5.41, 5.74) is 8.22. The van der Waals surface area contributed by atoms with Gasteiger partial charge >= 0.3 is 0 Å². The molecule has 0 bridgehead atoms. The summed E-state index contributed by atoms with van der Waals surface area (Å²) in [5.74, 6) is -0.00591. The Kier molecular flexibility index (Phi) is 12.7. The van der Waals surface area contributed by atoms with Crippen molar-refractivity contribution in [2.75, 3.05) is 19.6 Å². The number of nitrogens with zero attached hydrogens (tertiary/aromatic N) is 1. The topological polar surface area (TPSA) is 67.6 Å². The average Bonchev–Trinajstić information content (AvgIpc) is 3.22. The summed E-state index contributed by atoms with van der Waals surface area (Å²) < 4.78 is 5.66. The van der Waals surface area contributed by atoms with E-state index < -0.39 is 0 Å². The largest absolute Gasteiger partial charge is 0.364 e. The molecule has 1 heterocycles. The van der Waals surface area contributed by atoms with E-state index in [1.54, 1.807) is 0 Å². The number of hydrogen-bond donors (Lipinski definition) is 2. The minimum atomic E-state index is -0.335. The van der Waals surface area contributed by atoms with Crippen molar-refractivity contribution < 1.29 is 9.53 Å². The van der Waals surface area contributed by atoms with Crippen LogP contribution in [0.3, 0.4) is 0 Å². The number of carbonyl (C=O) groups is 1. The fourth-order valence-corrected chi connectivity index (χ4v) is 3.60. The molecule has 3 N–H and O–H groups in total. The number of halogens is 2. The zero-order valence-corrected chi connectivity index (χ0v) is 18.9. The van der Waals surface area contributed by atoms with E-state index in [-0.39, 0.29) is 42.9 Å². The van der Waals surface area contributed by atoms with Gasteiger partial charge in [0.15, 0.2) is 0 Å². The number of benzene rings is 2. The molecule has 0 aliphatic carbocycles. The number of rotatable bonds is 10. The Morgan fingerprint density at radius 3 is 2.03 bits per heavy atom. The number of nitrogens with one attached hydrogen (secondary N) is 1. The summed E-state index contributed by atoms with van der Waals surface area (Å²) in [5, 5.41) is 3.02. The molecule has 3 rings (SSSR count). The normalized spacial score (nSPS) is 17.8. The number of carbonyl (C=O) groups excluding carboxylic acids is 1. The Labute approximate surface area is 192 Å². The van der Waals surface area contributed by atoms with Crippen LogP contribution in [0.4, 0.5) is 0 Å². The minimum Gasteiger partial charge on any atom is -0.364 e. The van der Waals surface area contributed by atoms with E-state index in [0.29, 0.717) is 13.1 Å². The van der Waals surface area contributed by atoms with Gasteiger partial charge in [0.2, 0.25) is 5.91 Å². The number of amides is 1. The van der Waals surface area contributed by atoms with Gasteiger partial charge in [0.1, 0.15) is 6.10 Å². The maximum Gasteiger partial charge on any atom is 0.249 e. The summed E-state index contributed by atoms with van der Waals surface area (Å²) in [7, 11) is 0. The van der Waals surface area contributed by atoms with Crippen LogP contribution in [0.25, 0.3) is 0 Å². The van der Waals surface area contributed by atoms with Crippen LogP contribution in [0.15, 0.2) is 60.7 Å². The SMILES string of the molecule is Cl.Cl.NC[C@H]1CC[C@@H](C(=O)NCCCN(Cc2ccccc2)Cc2ccccc2)O1. The Bertz CT molecular complexity index is 677.